The summed E-state index contributed by atoms with van der Waals surface area (Å²) in [6.45, 7) is 0. The van der Waals surface area contributed by atoms with Gasteiger partial charge in [-0.2, -0.15) is 0 Å². The van der Waals surface area contributed by atoms with E-state index in [0.717, 1.165) is 24.7 Å². The number of thioether (sulfide) groups is 1. The number of aryl methyl sites for hydroxylation is 1. The highest BCUT2D eigenvalue weighted by atomic mass is 32.2. The molecule has 1 aromatic heterocycles. The Morgan fingerprint density at radius 2 is 2.04 bits per heavy atom. The van der Waals surface area contributed by atoms with E-state index in [2.05, 4.69) is 17.1 Å². The zero-order chi connectivity index (χ0) is 16.2. The van der Waals surface area contributed by atoms with Crippen molar-refractivity contribution in [3.05, 3.63) is 59.4 Å². The Morgan fingerprint density at radius 3 is 2.78 bits per heavy atom. The molecule has 0 aliphatic heterocycles. The quantitative estimate of drug-likeness (QED) is 0.551. The molecule has 2 aromatic carbocycles. The molecule has 0 radical (unpaired) electrons. The predicted molar refractivity (Wildman–Crippen MR) is 88.0 cm³/mol. The van der Waals surface area contributed by atoms with E-state index in [0.29, 0.717) is 10.7 Å². The highest BCUT2D eigenvalue weighted by molar-refractivity contribution is 7.99. The van der Waals surface area contributed by atoms with Crippen LogP contribution in [0.1, 0.15) is 22.3 Å². The molecule has 6 heteroatoms. The molecule has 1 amide bonds. The molecule has 1 heterocycles. The van der Waals surface area contributed by atoms with Gasteiger partial charge in [-0.15, -0.1) is 0 Å². The molecule has 3 aromatic rings. The Hall–Kier alpha value is -2.34. The number of hydrogen-bond donors (Lipinski definition) is 1. The summed E-state index contributed by atoms with van der Waals surface area (Å²) in [5, 5.41) is 0.418. The first kappa shape index (κ1) is 15.6. The van der Waals surface area contributed by atoms with Crippen LogP contribution in [-0.4, -0.2) is 16.6 Å². The second-order valence-corrected chi connectivity index (χ2v) is 6.13. The molecule has 4 nitrogen and oxygen atoms in total. The average Bonchev–Trinajstić information content (AvgIpc) is 2.94. The van der Waals surface area contributed by atoms with Gasteiger partial charge >= 0.3 is 0 Å². The second kappa shape index (κ2) is 6.83. The molecule has 2 N–H and O–H groups in total. The van der Waals surface area contributed by atoms with E-state index in [-0.39, 0.29) is 11.1 Å². The number of benzene rings is 2. The summed E-state index contributed by atoms with van der Waals surface area (Å²) in [5.74, 6) is -0.470. The molecular weight excluding hydrogens is 315 g/mol. The average molecular weight is 330 g/mol. The molecule has 23 heavy (non-hydrogen) atoms. The fourth-order valence-corrected chi connectivity index (χ4v) is 3.07. The van der Waals surface area contributed by atoms with Gasteiger partial charge in [0.1, 0.15) is 11.3 Å². The first-order valence-electron chi connectivity index (χ1n) is 7.20. The Balaban J connectivity index is 1.67. The minimum atomic E-state index is -0.730. The van der Waals surface area contributed by atoms with Gasteiger partial charge in [-0.3, -0.25) is 4.79 Å². The van der Waals surface area contributed by atoms with Gasteiger partial charge in [0.15, 0.2) is 5.58 Å². The zero-order valence-electron chi connectivity index (χ0n) is 12.3. The highest BCUT2D eigenvalue weighted by Crippen LogP contribution is 2.27. The van der Waals surface area contributed by atoms with Gasteiger partial charge in [-0.1, -0.05) is 42.1 Å². The molecule has 3 rings (SSSR count). The fraction of sp³-hybridized carbons (Fsp3) is 0.176. The third-order valence-electron chi connectivity index (χ3n) is 3.38. The van der Waals surface area contributed by atoms with Crippen LogP contribution >= 0.6 is 11.8 Å². The smallest absolute Gasteiger partial charge is 0.256 e. The van der Waals surface area contributed by atoms with Gasteiger partial charge < -0.3 is 10.2 Å². The number of fused-ring (bicyclic) bond motifs is 1. The summed E-state index contributed by atoms with van der Waals surface area (Å²) in [4.78, 5) is 15.6. The summed E-state index contributed by atoms with van der Waals surface area (Å²) in [6, 6.07) is 12.5. The maximum atomic E-state index is 13.5. The lowest BCUT2D eigenvalue weighted by atomic mass is 10.1. The number of rotatable bonds is 6. The summed E-state index contributed by atoms with van der Waals surface area (Å²) in [7, 11) is 0. The van der Waals surface area contributed by atoms with Gasteiger partial charge in [-0.25, -0.2) is 9.37 Å². The van der Waals surface area contributed by atoms with E-state index in [4.69, 9.17) is 10.2 Å². The van der Waals surface area contributed by atoms with Crippen molar-refractivity contribution in [1.29, 1.82) is 0 Å². The number of nitrogens with two attached hydrogens (primary N) is 1. The molecule has 0 bridgehead atoms. The number of primary amides is 1. The maximum absolute atomic E-state index is 13.5. The molecule has 0 aliphatic rings. The lowest BCUT2D eigenvalue weighted by Crippen LogP contribution is -2.11. The summed E-state index contributed by atoms with van der Waals surface area (Å²) < 4.78 is 19.0. The van der Waals surface area contributed by atoms with Crippen molar-refractivity contribution in [2.75, 3.05) is 5.75 Å². The van der Waals surface area contributed by atoms with E-state index >= 15 is 0 Å². The van der Waals surface area contributed by atoms with Gasteiger partial charge in [0.25, 0.3) is 11.1 Å². The van der Waals surface area contributed by atoms with Crippen LogP contribution in [0.4, 0.5) is 4.39 Å². The molecule has 0 aliphatic carbocycles. The molecular formula is C17H15FN2O2S. The number of amides is 1. The van der Waals surface area contributed by atoms with Crippen LogP contribution in [0.25, 0.3) is 11.1 Å². The normalized spacial score (nSPS) is 11.0. The van der Waals surface area contributed by atoms with E-state index in [1.165, 1.54) is 23.4 Å². The van der Waals surface area contributed by atoms with Crippen LogP contribution in [0.3, 0.4) is 0 Å². The second-order valence-electron chi connectivity index (χ2n) is 5.08. The zero-order valence-corrected chi connectivity index (χ0v) is 13.1. The lowest BCUT2D eigenvalue weighted by Gasteiger charge is -1.99. The van der Waals surface area contributed by atoms with Crippen molar-refractivity contribution >= 4 is 28.8 Å². The van der Waals surface area contributed by atoms with Gasteiger partial charge in [0.2, 0.25) is 0 Å². The van der Waals surface area contributed by atoms with Crippen molar-refractivity contribution in [2.24, 2.45) is 5.73 Å². The number of hydrogen-bond acceptors (Lipinski definition) is 4. The Labute approximate surface area is 136 Å². The molecule has 0 unspecified atom stereocenters. The van der Waals surface area contributed by atoms with Crippen molar-refractivity contribution in [1.82, 2.24) is 4.98 Å². The van der Waals surface area contributed by atoms with E-state index < -0.39 is 11.7 Å². The molecule has 118 valence electrons. The van der Waals surface area contributed by atoms with Crippen molar-refractivity contribution in [3.63, 3.8) is 0 Å². The van der Waals surface area contributed by atoms with Crippen molar-refractivity contribution < 1.29 is 13.6 Å². The monoisotopic (exact) mass is 330 g/mol. The Bertz CT molecular complexity index is 833. The van der Waals surface area contributed by atoms with Crippen LogP contribution in [0.15, 0.2) is 52.1 Å². The van der Waals surface area contributed by atoms with E-state index in [1.54, 1.807) is 0 Å². The number of nitrogens with zero attached hydrogens (tertiary/aromatic N) is 1. The van der Waals surface area contributed by atoms with Gasteiger partial charge in [-0.05, 0) is 24.5 Å². The number of carbonyl (C=O) groups is 1. The van der Waals surface area contributed by atoms with Gasteiger partial charge in [0.05, 0.1) is 5.56 Å². The molecule has 0 fully saturated rings. The number of oxazole rings is 1. The first-order valence-corrected chi connectivity index (χ1v) is 8.18. The fourth-order valence-electron chi connectivity index (χ4n) is 2.30. The number of aromatic nitrogens is 1. The Morgan fingerprint density at radius 1 is 1.26 bits per heavy atom. The Kier molecular flexibility index (Phi) is 4.62. The topological polar surface area (TPSA) is 69.1 Å². The highest BCUT2D eigenvalue weighted by Gasteiger charge is 2.16. The third-order valence-corrected chi connectivity index (χ3v) is 4.29. The van der Waals surface area contributed by atoms with Crippen LogP contribution in [0.5, 0.6) is 0 Å². The molecule has 0 spiro atoms. The first-order chi connectivity index (χ1) is 11.1. The van der Waals surface area contributed by atoms with Crippen LogP contribution in [0.2, 0.25) is 0 Å². The van der Waals surface area contributed by atoms with Crippen LogP contribution < -0.4 is 5.73 Å². The van der Waals surface area contributed by atoms with Gasteiger partial charge in [0, 0.05) is 11.8 Å². The SMILES string of the molecule is NC(=O)c1cc(F)cc2nc(SCCCc3ccccc3)oc12. The summed E-state index contributed by atoms with van der Waals surface area (Å²) in [6.07, 6.45) is 1.93. The number of carbonyl (C=O) groups excluding carboxylic acids is 1. The van der Waals surface area contributed by atoms with Crippen LogP contribution in [0, 0.1) is 5.82 Å². The standard InChI is InChI=1S/C17H15FN2O2S/c18-12-9-13(16(19)21)15-14(10-12)20-17(22-15)23-8-4-7-11-5-2-1-3-6-11/h1-3,5-6,9-10H,4,7-8H2,(H2,19,21). The lowest BCUT2D eigenvalue weighted by molar-refractivity contribution is 0.100. The largest absolute Gasteiger partial charge is 0.430 e. The minimum Gasteiger partial charge on any atom is -0.430 e. The minimum absolute atomic E-state index is 0.0173. The molecule has 0 saturated heterocycles. The maximum Gasteiger partial charge on any atom is 0.256 e. The van der Waals surface area contributed by atoms with Crippen molar-refractivity contribution in [2.45, 2.75) is 18.1 Å². The van der Waals surface area contributed by atoms with Crippen LogP contribution in [-0.2, 0) is 6.42 Å². The predicted octanol–water partition coefficient (Wildman–Crippen LogP) is 3.79. The molecule has 0 saturated carbocycles. The summed E-state index contributed by atoms with van der Waals surface area (Å²) >= 11 is 1.44. The molecule has 0 atom stereocenters. The number of halogens is 1. The summed E-state index contributed by atoms with van der Waals surface area (Å²) in [5.41, 5.74) is 7.09. The third kappa shape index (κ3) is 3.71. The van der Waals surface area contributed by atoms with E-state index in [9.17, 15) is 9.18 Å². The van der Waals surface area contributed by atoms with Crippen molar-refractivity contribution in [3.8, 4) is 0 Å². The van der Waals surface area contributed by atoms with E-state index in [1.807, 2.05) is 18.2 Å².